The Hall–Kier alpha value is -1.47. The highest BCUT2D eigenvalue weighted by atomic mass is 16.5. The van der Waals surface area contributed by atoms with Crippen molar-refractivity contribution in [1.82, 2.24) is 19.9 Å². The van der Waals surface area contributed by atoms with Crippen LogP contribution in [0.1, 0.15) is 31.5 Å². The number of carbonyl (C=O) groups excluding carboxylic acids is 1. The Labute approximate surface area is 131 Å². The third kappa shape index (κ3) is 5.06. The normalized spacial score (nSPS) is 17.4. The molecule has 124 valence electrons. The van der Waals surface area contributed by atoms with Crippen molar-refractivity contribution >= 4 is 5.91 Å². The van der Waals surface area contributed by atoms with E-state index in [2.05, 4.69) is 22.0 Å². The van der Waals surface area contributed by atoms with Crippen LogP contribution in [0, 0.1) is 6.92 Å². The molecule has 2 heterocycles. The summed E-state index contributed by atoms with van der Waals surface area (Å²) in [6, 6.07) is 0.418. The minimum Gasteiger partial charge on any atom is -0.379 e. The van der Waals surface area contributed by atoms with Gasteiger partial charge in [0.2, 0.25) is 11.8 Å². The first kappa shape index (κ1) is 16.9. The Morgan fingerprint density at radius 2 is 2.14 bits per heavy atom. The van der Waals surface area contributed by atoms with Crippen LogP contribution in [0.4, 0.5) is 0 Å². The second-order valence-electron chi connectivity index (χ2n) is 5.83. The van der Waals surface area contributed by atoms with Gasteiger partial charge in [0.15, 0.2) is 5.82 Å². The summed E-state index contributed by atoms with van der Waals surface area (Å²) in [5.41, 5.74) is 0. The highest BCUT2D eigenvalue weighted by Crippen LogP contribution is 2.10. The van der Waals surface area contributed by atoms with Gasteiger partial charge in [-0.05, 0) is 13.3 Å². The maximum atomic E-state index is 12.2. The number of likely N-dealkylation sites (N-methyl/N-ethyl adjacent to an activating group) is 1. The van der Waals surface area contributed by atoms with Crippen molar-refractivity contribution in [2.75, 3.05) is 39.9 Å². The van der Waals surface area contributed by atoms with E-state index in [1.807, 2.05) is 7.05 Å². The van der Waals surface area contributed by atoms with Crippen molar-refractivity contribution < 1.29 is 14.1 Å². The lowest BCUT2D eigenvalue weighted by Crippen LogP contribution is -2.42. The third-order valence-corrected chi connectivity index (χ3v) is 4.11. The zero-order chi connectivity index (χ0) is 15.9. The topological polar surface area (TPSA) is 71.7 Å². The number of amides is 1. The SMILES string of the molecule is Cc1nc(CCN(C)C(=O)CC[C@@H](C)N2CCOCC2)no1. The van der Waals surface area contributed by atoms with Crippen molar-refractivity contribution in [2.45, 2.75) is 39.2 Å². The first-order valence-corrected chi connectivity index (χ1v) is 7.91. The largest absolute Gasteiger partial charge is 0.379 e. The zero-order valence-electron chi connectivity index (χ0n) is 13.7. The molecular formula is C15H26N4O3. The van der Waals surface area contributed by atoms with Crippen LogP contribution >= 0.6 is 0 Å². The van der Waals surface area contributed by atoms with Crippen molar-refractivity contribution in [3.05, 3.63) is 11.7 Å². The summed E-state index contributed by atoms with van der Waals surface area (Å²) < 4.78 is 10.3. The first-order chi connectivity index (χ1) is 10.6. The van der Waals surface area contributed by atoms with Gasteiger partial charge in [-0.15, -0.1) is 0 Å². The standard InChI is InChI=1S/C15H26N4O3/c1-12(19-8-10-21-11-9-19)4-5-15(20)18(3)7-6-14-16-13(2)22-17-14/h12H,4-11H2,1-3H3/t12-/m1/s1. The monoisotopic (exact) mass is 310 g/mol. The van der Waals surface area contributed by atoms with Gasteiger partial charge in [-0.2, -0.15) is 4.98 Å². The van der Waals surface area contributed by atoms with E-state index in [9.17, 15) is 4.79 Å². The molecule has 1 aromatic heterocycles. The lowest BCUT2D eigenvalue weighted by atomic mass is 10.1. The maximum Gasteiger partial charge on any atom is 0.223 e. The van der Waals surface area contributed by atoms with Crippen LogP contribution < -0.4 is 0 Å². The van der Waals surface area contributed by atoms with Gasteiger partial charge < -0.3 is 14.2 Å². The van der Waals surface area contributed by atoms with Crippen molar-refractivity contribution in [3.63, 3.8) is 0 Å². The van der Waals surface area contributed by atoms with Crippen molar-refractivity contribution in [2.24, 2.45) is 0 Å². The van der Waals surface area contributed by atoms with Gasteiger partial charge in [-0.25, -0.2) is 0 Å². The van der Waals surface area contributed by atoms with Gasteiger partial charge in [0.05, 0.1) is 13.2 Å². The third-order valence-electron chi connectivity index (χ3n) is 4.11. The molecule has 1 aromatic rings. The molecule has 0 aliphatic carbocycles. The number of hydrogen-bond donors (Lipinski definition) is 0. The van der Waals surface area contributed by atoms with Crippen LogP contribution in [0.25, 0.3) is 0 Å². The van der Waals surface area contributed by atoms with E-state index in [1.54, 1.807) is 11.8 Å². The van der Waals surface area contributed by atoms with Gasteiger partial charge in [0, 0.05) is 52.5 Å². The second-order valence-corrected chi connectivity index (χ2v) is 5.83. The molecule has 1 amide bonds. The number of morpholine rings is 1. The fourth-order valence-corrected chi connectivity index (χ4v) is 2.56. The molecule has 7 nitrogen and oxygen atoms in total. The molecule has 0 N–H and O–H groups in total. The molecule has 0 saturated carbocycles. The molecule has 0 radical (unpaired) electrons. The van der Waals surface area contributed by atoms with E-state index in [4.69, 9.17) is 9.26 Å². The van der Waals surface area contributed by atoms with Crippen LogP contribution in [-0.2, 0) is 16.0 Å². The zero-order valence-corrected chi connectivity index (χ0v) is 13.7. The molecule has 0 spiro atoms. The van der Waals surface area contributed by atoms with E-state index in [-0.39, 0.29) is 5.91 Å². The number of carbonyl (C=O) groups is 1. The van der Waals surface area contributed by atoms with Crippen LogP contribution in [0.5, 0.6) is 0 Å². The fourth-order valence-electron chi connectivity index (χ4n) is 2.56. The quantitative estimate of drug-likeness (QED) is 0.744. The molecule has 22 heavy (non-hydrogen) atoms. The summed E-state index contributed by atoms with van der Waals surface area (Å²) >= 11 is 0. The summed E-state index contributed by atoms with van der Waals surface area (Å²) in [6.45, 7) is 8.07. The predicted molar refractivity (Wildman–Crippen MR) is 81.5 cm³/mol. The molecule has 1 saturated heterocycles. The smallest absolute Gasteiger partial charge is 0.223 e. The molecule has 1 aliphatic heterocycles. The number of ether oxygens (including phenoxy) is 1. The average Bonchev–Trinajstić information content (AvgIpc) is 2.96. The molecule has 2 rings (SSSR count). The van der Waals surface area contributed by atoms with Crippen LogP contribution in [0.3, 0.4) is 0 Å². The molecule has 0 unspecified atom stereocenters. The average molecular weight is 310 g/mol. The highest BCUT2D eigenvalue weighted by Gasteiger charge is 2.19. The van der Waals surface area contributed by atoms with E-state index in [0.717, 1.165) is 32.7 Å². The summed E-state index contributed by atoms with van der Waals surface area (Å²) in [7, 11) is 1.83. The molecular weight excluding hydrogens is 284 g/mol. The lowest BCUT2D eigenvalue weighted by molar-refractivity contribution is -0.130. The first-order valence-electron chi connectivity index (χ1n) is 7.91. The van der Waals surface area contributed by atoms with Crippen LogP contribution in [-0.4, -0.2) is 71.8 Å². The number of hydrogen-bond acceptors (Lipinski definition) is 6. The number of rotatable bonds is 7. The predicted octanol–water partition coefficient (Wildman–Crippen LogP) is 0.880. The Morgan fingerprint density at radius 3 is 2.77 bits per heavy atom. The summed E-state index contributed by atoms with van der Waals surface area (Å²) in [5, 5.41) is 3.84. The number of aromatic nitrogens is 2. The fraction of sp³-hybridized carbons (Fsp3) is 0.800. The lowest BCUT2D eigenvalue weighted by Gasteiger charge is -2.32. The highest BCUT2D eigenvalue weighted by molar-refractivity contribution is 5.75. The Kier molecular flexibility index (Phi) is 6.33. The van der Waals surface area contributed by atoms with E-state index in [0.29, 0.717) is 37.1 Å². The number of nitrogens with zero attached hydrogens (tertiary/aromatic N) is 4. The van der Waals surface area contributed by atoms with Gasteiger partial charge in [-0.3, -0.25) is 9.69 Å². The molecule has 0 aromatic carbocycles. The minimum absolute atomic E-state index is 0.167. The van der Waals surface area contributed by atoms with Gasteiger partial charge >= 0.3 is 0 Å². The summed E-state index contributed by atoms with van der Waals surface area (Å²) in [4.78, 5) is 20.5. The molecule has 1 aliphatic rings. The van der Waals surface area contributed by atoms with Crippen LogP contribution in [0.2, 0.25) is 0 Å². The summed E-state index contributed by atoms with van der Waals surface area (Å²) in [5.74, 6) is 1.38. The Balaban J connectivity index is 1.67. The number of aryl methyl sites for hydroxylation is 1. The Morgan fingerprint density at radius 1 is 1.41 bits per heavy atom. The van der Waals surface area contributed by atoms with E-state index in [1.165, 1.54) is 0 Å². The van der Waals surface area contributed by atoms with Crippen molar-refractivity contribution in [3.8, 4) is 0 Å². The Bertz CT molecular complexity index is 471. The molecule has 1 fully saturated rings. The van der Waals surface area contributed by atoms with Crippen LogP contribution in [0.15, 0.2) is 4.52 Å². The van der Waals surface area contributed by atoms with Crippen molar-refractivity contribution in [1.29, 1.82) is 0 Å². The van der Waals surface area contributed by atoms with Gasteiger partial charge in [0.1, 0.15) is 0 Å². The molecule has 7 heteroatoms. The minimum atomic E-state index is 0.167. The van der Waals surface area contributed by atoms with E-state index >= 15 is 0 Å². The summed E-state index contributed by atoms with van der Waals surface area (Å²) in [6.07, 6.45) is 2.07. The second kappa shape index (κ2) is 8.24. The molecule has 1 atom stereocenters. The van der Waals surface area contributed by atoms with Gasteiger partial charge in [0.25, 0.3) is 0 Å². The van der Waals surface area contributed by atoms with Gasteiger partial charge in [-0.1, -0.05) is 5.16 Å². The van der Waals surface area contributed by atoms with E-state index < -0.39 is 0 Å². The molecule has 0 bridgehead atoms. The maximum absolute atomic E-state index is 12.2.